The van der Waals surface area contributed by atoms with E-state index in [9.17, 15) is 0 Å². The number of rotatable bonds is 4. The van der Waals surface area contributed by atoms with Crippen molar-refractivity contribution in [1.29, 1.82) is 5.26 Å². The lowest BCUT2D eigenvalue weighted by Gasteiger charge is -2.24. The van der Waals surface area contributed by atoms with Crippen molar-refractivity contribution in [2.75, 3.05) is 0 Å². The lowest BCUT2D eigenvalue weighted by atomic mass is 9.90. The van der Waals surface area contributed by atoms with Gasteiger partial charge < -0.3 is 4.57 Å². The van der Waals surface area contributed by atoms with E-state index >= 15 is 0 Å². The van der Waals surface area contributed by atoms with E-state index in [1.165, 1.54) is 0 Å². The van der Waals surface area contributed by atoms with Crippen molar-refractivity contribution in [2.45, 2.75) is 39.6 Å². The van der Waals surface area contributed by atoms with E-state index in [0.29, 0.717) is 11.4 Å². The minimum atomic E-state index is 0.178. The second-order valence-electron chi connectivity index (χ2n) is 5.55. The highest BCUT2D eigenvalue weighted by molar-refractivity contribution is 6.16. The first kappa shape index (κ1) is 13.9. The fourth-order valence-electron chi connectivity index (χ4n) is 2.10. The van der Waals surface area contributed by atoms with Gasteiger partial charge in [0.25, 0.3) is 0 Å². The Morgan fingerprint density at radius 2 is 2.16 bits per heavy atom. The molecule has 1 aromatic carbocycles. The van der Waals surface area contributed by atoms with Gasteiger partial charge in [-0.1, -0.05) is 26.8 Å². The molecule has 0 radical (unpaired) electrons. The summed E-state index contributed by atoms with van der Waals surface area (Å²) in [5.74, 6) is 1.19. The van der Waals surface area contributed by atoms with Crippen molar-refractivity contribution < 1.29 is 0 Å². The van der Waals surface area contributed by atoms with Crippen molar-refractivity contribution in [3.05, 3.63) is 29.6 Å². The molecule has 3 nitrogen and oxygen atoms in total. The summed E-state index contributed by atoms with van der Waals surface area (Å²) in [5, 5.41) is 9.15. The smallest absolute Gasteiger partial charge is 0.124 e. The molecule has 0 fully saturated rings. The quantitative estimate of drug-likeness (QED) is 0.789. The van der Waals surface area contributed by atoms with Gasteiger partial charge in [-0.25, -0.2) is 4.98 Å². The fourth-order valence-corrected chi connectivity index (χ4v) is 2.31. The van der Waals surface area contributed by atoms with E-state index < -0.39 is 0 Å². The summed E-state index contributed by atoms with van der Waals surface area (Å²) >= 11 is 6.00. The topological polar surface area (TPSA) is 41.6 Å². The number of nitriles is 1. The Balaban J connectivity index is 2.63. The Labute approximate surface area is 118 Å². The number of alkyl halides is 1. The molecule has 4 heteroatoms. The van der Waals surface area contributed by atoms with Crippen LogP contribution in [0.3, 0.4) is 0 Å². The molecule has 100 valence electrons. The van der Waals surface area contributed by atoms with Crippen LogP contribution < -0.4 is 0 Å². The highest BCUT2D eigenvalue weighted by atomic mass is 35.5. The molecule has 0 saturated heterocycles. The lowest BCUT2D eigenvalue weighted by molar-refractivity contribution is 0.295. The maximum absolute atomic E-state index is 9.15. The molecule has 0 saturated carbocycles. The molecule has 19 heavy (non-hydrogen) atoms. The molecule has 0 spiro atoms. The molecule has 0 aliphatic rings. The summed E-state index contributed by atoms with van der Waals surface area (Å²) in [5.41, 5.74) is 2.54. The molecule has 0 aliphatic carbocycles. The Kier molecular flexibility index (Phi) is 3.82. The zero-order valence-electron chi connectivity index (χ0n) is 11.6. The number of hydrogen-bond donors (Lipinski definition) is 0. The van der Waals surface area contributed by atoms with E-state index in [-0.39, 0.29) is 5.41 Å². The SMILES string of the molecule is CCC(C)(C)Cn1c(CCl)nc2c(C#N)cccc21. The molecular formula is C15H18ClN3. The molecular weight excluding hydrogens is 258 g/mol. The van der Waals surface area contributed by atoms with Crippen LogP contribution in [0.15, 0.2) is 18.2 Å². The first-order chi connectivity index (χ1) is 9.02. The van der Waals surface area contributed by atoms with Crippen molar-refractivity contribution >= 4 is 22.6 Å². The Morgan fingerprint density at radius 3 is 2.74 bits per heavy atom. The molecule has 1 aromatic heterocycles. The second-order valence-corrected chi connectivity index (χ2v) is 5.82. The zero-order chi connectivity index (χ0) is 14.0. The summed E-state index contributed by atoms with van der Waals surface area (Å²) in [6.45, 7) is 7.49. The van der Waals surface area contributed by atoms with Crippen LogP contribution in [0.2, 0.25) is 0 Å². The first-order valence-corrected chi connectivity index (χ1v) is 7.00. The van der Waals surface area contributed by atoms with Gasteiger partial charge in [-0.05, 0) is 24.0 Å². The fraction of sp³-hybridized carbons (Fsp3) is 0.467. The number of benzene rings is 1. The number of aromatic nitrogens is 2. The van der Waals surface area contributed by atoms with Gasteiger partial charge in [0, 0.05) is 6.54 Å². The van der Waals surface area contributed by atoms with Crippen LogP contribution in [0.1, 0.15) is 38.6 Å². The first-order valence-electron chi connectivity index (χ1n) is 6.46. The van der Waals surface area contributed by atoms with Crippen LogP contribution in [-0.4, -0.2) is 9.55 Å². The third-order valence-corrected chi connectivity index (χ3v) is 3.88. The van der Waals surface area contributed by atoms with Gasteiger partial charge in [0.2, 0.25) is 0 Å². The predicted molar refractivity (Wildman–Crippen MR) is 78.1 cm³/mol. The normalized spacial score (nSPS) is 11.7. The van der Waals surface area contributed by atoms with E-state index in [1.54, 1.807) is 6.07 Å². The molecule has 0 amide bonds. The second kappa shape index (κ2) is 5.22. The minimum absolute atomic E-state index is 0.178. The zero-order valence-corrected chi connectivity index (χ0v) is 12.3. The highest BCUT2D eigenvalue weighted by Gasteiger charge is 2.20. The van der Waals surface area contributed by atoms with Gasteiger partial charge in [-0.2, -0.15) is 5.26 Å². The van der Waals surface area contributed by atoms with Gasteiger partial charge in [0.05, 0.1) is 17.0 Å². The van der Waals surface area contributed by atoms with Crippen LogP contribution in [0.5, 0.6) is 0 Å². The van der Waals surface area contributed by atoms with Crippen molar-refractivity contribution in [3.63, 3.8) is 0 Å². The number of imidazole rings is 1. The summed E-state index contributed by atoms with van der Waals surface area (Å²) in [6, 6.07) is 7.89. The van der Waals surface area contributed by atoms with Gasteiger partial charge in [0.15, 0.2) is 0 Å². The highest BCUT2D eigenvalue weighted by Crippen LogP contribution is 2.28. The molecule has 0 unspecified atom stereocenters. The van der Waals surface area contributed by atoms with E-state index in [1.807, 2.05) is 12.1 Å². The summed E-state index contributed by atoms with van der Waals surface area (Å²) < 4.78 is 2.15. The van der Waals surface area contributed by atoms with Crippen LogP contribution in [0.4, 0.5) is 0 Å². The molecule has 2 aromatic rings. The standard InChI is InChI=1S/C15H18ClN3/c1-4-15(2,3)10-19-12-7-5-6-11(9-17)14(12)18-13(19)8-16/h5-7H,4,8,10H2,1-3H3. The number of fused-ring (bicyclic) bond motifs is 1. The van der Waals surface area contributed by atoms with Gasteiger partial charge in [-0.3, -0.25) is 0 Å². The summed E-state index contributed by atoms with van der Waals surface area (Å²) in [6.07, 6.45) is 1.08. The van der Waals surface area contributed by atoms with E-state index in [4.69, 9.17) is 16.9 Å². The average Bonchev–Trinajstić information content (AvgIpc) is 2.76. The summed E-state index contributed by atoms with van der Waals surface area (Å²) in [7, 11) is 0. The van der Waals surface area contributed by atoms with Gasteiger partial charge in [0.1, 0.15) is 17.4 Å². The van der Waals surface area contributed by atoms with Crippen LogP contribution >= 0.6 is 11.6 Å². The lowest BCUT2D eigenvalue weighted by Crippen LogP contribution is -2.19. The molecule has 0 aliphatic heterocycles. The third kappa shape index (κ3) is 2.59. The van der Waals surface area contributed by atoms with Crippen LogP contribution in [0, 0.1) is 16.7 Å². The number of nitrogens with zero attached hydrogens (tertiary/aromatic N) is 3. The maximum Gasteiger partial charge on any atom is 0.124 e. The van der Waals surface area contributed by atoms with Crippen LogP contribution in [0.25, 0.3) is 11.0 Å². The van der Waals surface area contributed by atoms with E-state index in [2.05, 4.69) is 36.4 Å². The average molecular weight is 276 g/mol. The number of hydrogen-bond acceptors (Lipinski definition) is 2. The van der Waals surface area contributed by atoms with Gasteiger partial charge in [-0.15, -0.1) is 11.6 Å². The third-order valence-electron chi connectivity index (χ3n) is 3.64. The molecule has 2 rings (SSSR count). The van der Waals surface area contributed by atoms with Crippen molar-refractivity contribution in [3.8, 4) is 6.07 Å². The van der Waals surface area contributed by atoms with Crippen molar-refractivity contribution in [1.82, 2.24) is 9.55 Å². The Morgan fingerprint density at radius 1 is 1.42 bits per heavy atom. The Hall–Kier alpha value is -1.53. The summed E-state index contributed by atoms with van der Waals surface area (Å²) in [4.78, 5) is 4.53. The number of halogens is 1. The minimum Gasteiger partial charge on any atom is -0.326 e. The van der Waals surface area contributed by atoms with Crippen molar-refractivity contribution in [2.24, 2.45) is 5.41 Å². The Bertz CT molecular complexity index is 635. The van der Waals surface area contributed by atoms with Crippen LogP contribution in [-0.2, 0) is 12.4 Å². The molecule has 1 heterocycles. The molecule has 0 atom stereocenters. The number of para-hydroxylation sites is 1. The predicted octanol–water partition coefficient (Wildman–Crippen LogP) is 4.08. The monoisotopic (exact) mass is 275 g/mol. The maximum atomic E-state index is 9.15. The van der Waals surface area contributed by atoms with Gasteiger partial charge >= 0.3 is 0 Å². The molecule has 0 N–H and O–H groups in total. The largest absolute Gasteiger partial charge is 0.326 e. The molecule has 0 bridgehead atoms. The van der Waals surface area contributed by atoms with E-state index in [0.717, 1.165) is 29.8 Å².